The Morgan fingerprint density at radius 2 is 2.22 bits per heavy atom. The van der Waals surface area contributed by atoms with Crippen molar-refractivity contribution in [1.29, 1.82) is 5.26 Å². The number of amides is 1. The van der Waals surface area contributed by atoms with Crippen LogP contribution in [-0.2, 0) is 4.79 Å². The number of hydrogen-bond acceptors (Lipinski definition) is 4. The van der Waals surface area contributed by atoms with Crippen molar-refractivity contribution in [3.63, 3.8) is 0 Å². The van der Waals surface area contributed by atoms with Gasteiger partial charge < -0.3 is 9.80 Å². The molecule has 0 aromatic carbocycles. The van der Waals surface area contributed by atoms with E-state index in [1.807, 2.05) is 22.4 Å². The van der Waals surface area contributed by atoms with E-state index in [2.05, 4.69) is 18.0 Å². The maximum absolute atomic E-state index is 12.1. The average molecular weight is 263 g/mol. The average Bonchev–Trinajstić information content (AvgIpc) is 2.90. The SMILES string of the molecule is CN1CCN(C(=O)CC(C#N)c2cccs2)CC1. The Morgan fingerprint density at radius 1 is 1.50 bits per heavy atom. The minimum atomic E-state index is -0.294. The number of nitriles is 1. The fourth-order valence-electron chi connectivity index (χ4n) is 2.06. The van der Waals surface area contributed by atoms with E-state index in [4.69, 9.17) is 5.26 Å². The molecule has 96 valence electrons. The molecule has 18 heavy (non-hydrogen) atoms. The summed E-state index contributed by atoms with van der Waals surface area (Å²) in [5.74, 6) is -0.194. The predicted molar refractivity (Wildman–Crippen MR) is 71.4 cm³/mol. The van der Waals surface area contributed by atoms with Crippen molar-refractivity contribution in [3.8, 4) is 6.07 Å². The number of rotatable bonds is 3. The molecule has 1 aromatic heterocycles. The lowest BCUT2D eigenvalue weighted by molar-refractivity contribution is -0.132. The molecule has 1 unspecified atom stereocenters. The maximum Gasteiger partial charge on any atom is 0.224 e. The van der Waals surface area contributed by atoms with Gasteiger partial charge in [-0.2, -0.15) is 5.26 Å². The molecule has 5 heteroatoms. The first kappa shape index (κ1) is 13.1. The van der Waals surface area contributed by atoms with E-state index in [0.717, 1.165) is 31.1 Å². The van der Waals surface area contributed by atoms with Gasteiger partial charge in [0.2, 0.25) is 5.91 Å². The highest BCUT2D eigenvalue weighted by molar-refractivity contribution is 7.10. The summed E-state index contributed by atoms with van der Waals surface area (Å²) < 4.78 is 0. The van der Waals surface area contributed by atoms with Gasteiger partial charge in [-0.1, -0.05) is 6.07 Å². The van der Waals surface area contributed by atoms with Gasteiger partial charge in [-0.25, -0.2) is 0 Å². The van der Waals surface area contributed by atoms with E-state index in [1.165, 1.54) is 0 Å². The highest BCUT2D eigenvalue weighted by Crippen LogP contribution is 2.24. The smallest absolute Gasteiger partial charge is 0.224 e. The largest absolute Gasteiger partial charge is 0.340 e. The van der Waals surface area contributed by atoms with E-state index in [0.29, 0.717) is 6.42 Å². The zero-order valence-electron chi connectivity index (χ0n) is 10.5. The van der Waals surface area contributed by atoms with Crippen LogP contribution >= 0.6 is 11.3 Å². The molecule has 0 bridgehead atoms. The number of piperazine rings is 1. The molecule has 0 spiro atoms. The van der Waals surface area contributed by atoms with Crippen LogP contribution in [0.2, 0.25) is 0 Å². The van der Waals surface area contributed by atoms with E-state index < -0.39 is 0 Å². The predicted octanol–water partition coefficient (Wildman–Crippen LogP) is 1.52. The quantitative estimate of drug-likeness (QED) is 0.830. The third-order valence-corrected chi connectivity index (χ3v) is 4.26. The monoisotopic (exact) mass is 263 g/mol. The number of thiophene rings is 1. The number of nitrogens with zero attached hydrogens (tertiary/aromatic N) is 3. The molecule has 2 rings (SSSR count). The molecular weight excluding hydrogens is 246 g/mol. The van der Waals surface area contributed by atoms with Crippen LogP contribution < -0.4 is 0 Å². The summed E-state index contributed by atoms with van der Waals surface area (Å²) in [5, 5.41) is 11.1. The van der Waals surface area contributed by atoms with Crippen LogP contribution in [0.5, 0.6) is 0 Å². The molecule has 0 saturated carbocycles. The van der Waals surface area contributed by atoms with Crippen molar-refractivity contribution >= 4 is 17.2 Å². The van der Waals surface area contributed by atoms with E-state index in [9.17, 15) is 4.79 Å². The Hall–Kier alpha value is -1.38. The van der Waals surface area contributed by atoms with Crippen LogP contribution in [0, 0.1) is 11.3 Å². The second kappa shape index (κ2) is 5.98. The Balaban J connectivity index is 1.92. The van der Waals surface area contributed by atoms with Gasteiger partial charge in [-0.05, 0) is 18.5 Å². The molecule has 1 amide bonds. The lowest BCUT2D eigenvalue weighted by Gasteiger charge is -2.32. The van der Waals surface area contributed by atoms with Crippen LogP contribution in [0.15, 0.2) is 17.5 Å². The normalized spacial score (nSPS) is 18.3. The van der Waals surface area contributed by atoms with Crippen molar-refractivity contribution in [2.45, 2.75) is 12.3 Å². The second-order valence-electron chi connectivity index (χ2n) is 4.59. The summed E-state index contributed by atoms with van der Waals surface area (Å²) in [6.45, 7) is 3.39. The maximum atomic E-state index is 12.1. The van der Waals surface area contributed by atoms with Gasteiger partial charge in [-0.15, -0.1) is 11.3 Å². The molecule has 1 aliphatic heterocycles. The summed E-state index contributed by atoms with van der Waals surface area (Å²) in [5.41, 5.74) is 0. The third-order valence-electron chi connectivity index (χ3n) is 3.28. The Morgan fingerprint density at radius 3 is 2.78 bits per heavy atom. The van der Waals surface area contributed by atoms with Crippen molar-refractivity contribution in [3.05, 3.63) is 22.4 Å². The van der Waals surface area contributed by atoms with Gasteiger partial charge in [0.05, 0.1) is 12.0 Å². The number of carbonyl (C=O) groups excluding carboxylic acids is 1. The fourth-order valence-corrected chi connectivity index (χ4v) is 2.83. The first-order valence-electron chi connectivity index (χ1n) is 6.10. The number of hydrogen-bond donors (Lipinski definition) is 0. The first-order valence-corrected chi connectivity index (χ1v) is 6.98. The van der Waals surface area contributed by atoms with Crippen LogP contribution in [0.25, 0.3) is 0 Å². The van der Waals surface area contributed by atoms with Gasteiger partial charge in [-0.3, -0.25) is 4.79 Å². The number of carbonyl (C=O) groups is 1. The van der Waals surface area contributed by atoms with Gasteiger partial charge >= 0.3 is 0 Å². The van der Waals surface area contributed by atoms with Gasteiger partial charge in [0, 0.05) is 37.5 Å². The van der Waals surface area contributed by atoms with Crippen molar-refractivity contribution < 1.29 is 4.79 Å². The van der Waals surface area contributed by atoms with Crippen LogP contribution in [-0.4, -0.2) is 48.9 Å². The molecule has 1 saturated heterocycles. The third kappa shape index (κ3) is 3.09. The van der Waals surface area contributed by atoms with Gasteiger partial charge in [0.25, 0.3) is 0 Å². The first-order chi connectivity index (χ1) is 8.70. The summed E-state index contributed by atoms with van der Waals surface area (Å²) >= 11 is 1.54. The summed E-state index contributed by atoms with van der Waals surface area (Å²) in [6.07, 6.45) is 0.306. The fraction of sp³-hybridized carbons (Fsp3) is 0.538. The zero-order chi connectivity index (χ0) is 13.0. The van der Waals surface area contributed by atoms with Crippen molar-refractivity contribution in [2.24, 2.45) is 0 Å². The van der Waals surface area contributed by atoms with Crippen molar-refractivity contribution in [1.82, 2.24) is 9.80 Å². The molecule has 0 N–H and O–H groups in total. The second-order valence-corrected chi connectivity index (χ2v) is 5.56. The molecule has 0 aliphatic carbocycles. The van der Waals surface area contributed by atoms with Crippen LogP contribution in [0.1, 0.15) is 17.2 Å². The van der Waals surface area contributed by atoms with Crippen molar-refractivity contribution in [2.75, 3.05) is 33.2 Å². The highest BCUT2D eigenvalue weighted by atomic mass is 32.1. The molecule has 0 radical (unpaired) electrons. The van der Waals surface area contributed by atoms with E-state index in [-0.39, 0.29) is 11.8 Å². The Kier molecular flexibility index (Phi) is 4.34. The highest BCUT2D eigenvalue weighted by Gasteiger charge is 2.23. The zero-order valence-corrected chi connectivity index (χ0v) is 11.3. The number of likely N-dealkylation sites (N-methyl/N-ethyl adjacent to an activating group) is 1. The molecule has 1 aromatic rings. The molecule has 4 nitrogen and oxygen atoms in total. The lowest BCUT2D eigenvalue weighted by atomic mass is 10.0. The molecule has 1 atom stereocenters. The van der Waals surface area contributed by atoms with Gasteiger partial charge in [0.1, 0.15) is 0 Å². The molecule has 1 aliphatic rings. The minimum absolute atomic E-state index is 0.100. The Labute approximate surface area is 111 Å². The van der Waals surface area contributed by atoms with E-state index in [1.54, 1.807) is 11.3 Å². The summed E-state index contributed by atoms with van der Waals surface area (Å²) in [7, 11) is 2.06. The summed E-state index contributed by atoms with van der Waals surface area (Å²) in [6, 6.07) is 6.08. The molecule has 1 fully saturated rings. The minimum Gasteiger partial charge on any atom is -0.340 e. The molecule has 2 heterocycles. The van der Waals surface area contributed by atoms with Crippen LogP contribution in [0.3, 0.4) is 0 Å². The molecular formula is C13H17N3OS. The van der Waals surface area contributed by atoms with E-state index >= 15 is 0 Å². The topological polar surface area (TPSA) is 47.3 Å². The lowest BCUT2D eigenvalue weighted by Crippen LogP contribution is -2.47. The standard InChI is InChI=1S/C13H17N3OS/c1-15-4-6-16(7-5-15)13(17)9-11(10-14)12-3-2-8-18-12/h2-3,8,11H,4-7,9H2,1H3. The van der Waals surface area contributed by atoms with Crippen LogP contribution in [0.4, 0.5) is 0 Å². The Bertz CT molecular complexity index is 430. The summed E-state index contributed by atoms with van der Waals surface area (Å²) in [4.78, 5) is 17.2. The van der Waals surface area contributed by atoms with Gasteiger partial charge in [0.15, 0.2) is 0 Å².